The van der Waals surface area contributed by atoms with Crippen LogP contribution in [0.15, 0.2) is 61.1 Å². The molecule has 3 heteroatoms. The molecule has 5 rings (SSSR count). The Hall–Kier alpha value is -3.20. The van der Waals surface area contributed by atoms with Crippen LogP contribution in [0.2, 0.25) is 0 Å². The molecule has 4 aromatic rings. The topological polar surface area (TPSA) is 30.7 Å². The molecule has 0 aliphatic heterocycles. The van der Waals surface area contributed by atoms with Crippen LogP contribution in [0, 0.1) is 0 Å². The zero-order valence-electron chi connectivity index (χ0n) is 25.3. The standard InChI is InChI=1S/C33H39N3.C2H6/c1-20(2)22-12-10-13-23(21(3)4)29(22)36-17-16-35-31(36)26-18-25-24-14-11-15-34-30(24)33(8,9)28(25)19-27(26)32(5,6)7;1-2/h10-21H,1-9H3;1-2H3. The first-order valence-electron chi connectivity index (χ1n) is 14.2. The first-order chi connectivity index (χ1) is 17.9. The zero-order chi connectivity index (χ0) is 28.0. The second-order valence-corrected chi connectivity index (χ2v) is 12.4. The number of fused-ring (bicyclic) bond motifs is 3. The smallest absolute Gasteiger partial charge is 0.144 e. The molecule has 0 bridgehead atoms. The summed E-state index contributed by atoms with van der Waals surface area (Å²) < 4.78 is 2.34. The predicted molar refractivity (Wildman–Crippen MR) is 163 cm³/mol. The molecule has 2 aromatic carbocycles. The third kappa shape index (κ3) is 4.51. The average molecular weight is 508 g/mol. The van der Waals surface area contributed by atoms with Gasteiger partial charge in [-0.3, -0.25) is 9.55 Å². The van der Waals surface area contributed by atoms with E-state index in [2.05, 4.69) is 116 Å². The van der Waals surface area contributed by atoms with Crippen molar-refractivity contribution >= 4 is 0 Å². The maximum absolute atomic E-state index is 5.00. The third-order valence-corrected chi connectivity index (χ3v) is 7.79. The molecule has 3 nitrogen and oxygen atoms in total. The fourth-order valence-electron chi connectivity index (χ4n) is 5.87. The van der Waals surface area contributed by atoms with Gasteiger partial charge in [0.1, 0.15) is 5.82 Å². The number of imidazole rings is 1. The van der Waals surface area contributed by atoms with Crippen LogP contribution < -0.4 is 0 Å². The van der Waals surface area contributed by atoms with Gasteiger partial charge in [-0.25, -0.2) is 4.98 Å². The summed E-state index contributed by atoms with van der Waals surface area (Å²) in [4.78, 5) is 9.82. The Labute approximate surface area is 230 Å². The van der Waals surface area contributed by atoms with Gasteiger partial charge in [-0.15, -0.1) is 0 Å². The summed E-state index contributed by atoms with van der Waals surface area (Å²) in [6, 6.07) is 15.8. The Bertz CT molecular complexity index is 1420. The van der Waals surface area contributed by atoms with Crippen molar-refractivity contribution < 1.29 is 0 Å². The Morgan fingerprint density at radius 1 is 0.763 bits per heavy atom. The predicted octanol–water partition coefficient (Wildman–Crippen LogP) is 9.81. The van der Waals surface area contributed by atoms with E-state index in [0.717, 1.165) is 11.5 Å². The highest BCUT2D eigenvalue weighted by Crippen LogP contribution is 2.51. The van der Waals surface area contributed by atoms with Crippen LogP contribution in [0.4, 0.5) is 0 Å². The van der Waals surface area contributed by atoms with Crippen molar-refractivity contribution in [3.8, 4) is 28.2 Å². The number of para-hydroxylation sites is 1. The minimum Gasteiger partial charge on any atom is -0.299 e. The largest absolute Gasteiger partial charge is 0.299 e. The Morgan fingerprint density at radius 2 is 1.39 bits per heavy atom. The fourth-order valence-corrected chi connectivity index (χ4v) is 5.87. The van der Waals surface area contributed by atoms with Crippen molar-refractivity contribution in [1.82, 2.24) is 14.5 Å². The summed E-state index contributed by atoms with van der Waals surface area (Å²) in [5, 5.41) is 0. The highest BCUT2D eigenvalue weighted by atomic mass is 15.1. The summed E-state index contributed by atoms with van der Waals surface area (Å²) in [6.07, 6.45) is 6.01. The van der Waals surface area contributed by atoms with Gasteiger partial charge in [0.25, 0.3) is 0 Å². The number of nitrogens with zero attached hydrogens (tertiary/aromatic N) is 3. The highest BCUT2D eigenvalue weighted by molar-refractivity contribution is 5.84. The molecule has 1 aliphatic carbocycles. The van der Waals surface area contributed by atoms with E-state index in [9.17, 15) is 0 Å². The van der Waals surface area contributed by atoms with E-state index in [1.165, 1.54) is 44.6 Å². The molecule has 0 saturated heterocycles. The lowest BCUT2D eigenvalue weighted by molar-refractivity contribution is 0.584. The van der Waals surface area contributed by atoms with E-state index < -0.39 is 0 Å². The van der Waals surface area contributed by atoms with Crippen molar-refractivity contribution in [3.05, 3.63) is 89.0 Å². The quantitative estimate of drug-likeness (QED) is 0.275. The van der Waals surface area contributed by atoms with E-state index >= 15 is 0 Å². The summed E-state index contributed by atoms with van der Waals surface area (Å²) in [6.45, 7) is 24.6. The molecule has 200 valence electrons. The van der Waals surface area contributed by atoms with E-state index in [1.54, 1.807) is 0 Å². The van der Waals surface area contributed by atoms with Crippen LogP contribution in [-0.4, -0.2) is 14.5 Å². The van der Waals surface area contributed by atoms with Crippen molar-refractivity contribution in [1.29, 1.82) is 0 Å². The molecule has 38 heavy (non-hydrogen) atoms. The number of benzene rings is 2. The van der Waals surface area contributed by atoms with Crippen molar-refractivity contribution in [3.63, 3.8) is 0 Å². The number of pyridine rings is 1. The lowest BCUT2D eigenvalue weighted by atomic mass is 9.77. The molecule has 2 heterocycles. The van der Waals surface area contributed by atoms with Gasteiger partial charge in [0.05, 0.1) is 11.4 Å². The van der Waals surface area contributed by atoms with E-state index in [1.807, 2.05) is 26.2 Å². The van der Waals surface area contributed by atoms with Crippen LogP contribution in [0.5, 0.6) is 0 Å². The minimum atomic E-state index is -0.130. The summed E-state index contributed by atoms with van der Waals surface area (Å²) in [7, 11) is 0. The molecular formula is C35H45N3. The number of aromatic nitrogens is 3. The minimum absolute atomic E-state index is 0.0438. The lowest BCUT2D eigenvalue weighted by Crippen LogP contribution is -2.20. The van der Waals surface area contributed by atoms with Crippen LogP contribution >= 0.6 is 0 Å². The van der Waals surface area contributed by atoms with Crippen LogP contribution in [0.25, 0.3) is 28.2 Å². The SMILES string of the molecule is CC.CC(C)c1cccc(C(C)C)c1-n1ccnc1-c1cc2c(cc1C(C)(C)C)C(C)(C)c1ncccc1-2. The average Bonchev–Trinajstić information content (AvgIpc) is 3.45. The van der Waals surface area contributed by atoms with Gasteiger partial charge < -0.3 is 0 Å². The Morgan fingerprint density at radius 3 is 1.97 bits per heavy atom. The molecule has 0 unspecified atom stereocenters. The van der Waals surface area contributed by atoms with Crippen molar-refractivity contribution in [2.24, 2.45) is 0 Å². The second-order valence-electron chi connectivity index (χ2n) is 12.4. The first-order valence-corrected chi connectivity index (χ1v) is 14.2. The molecule has 0 saturated carbocycles. The monoisotopic (exact) mass is 507 g/mol. The summed E-state index contributed by atoms with van der Waals surface area (Å²) >= 11 is 0. The van der Waals surface area contributed by atoms with Gasteiger partial charge in [-0.2, -0.15) is 0 Å². The van der Waals surface area contributed by atoms with Gasteiger partial charge >= 0.3 is 0 Å². The third-order valence-electron chi connectivity index (χ3n) is 7.79. The van der Waals surface area contributed by atoms with Crippen LogP contribution in [-0.2, 0) is 10.8 Å². The molecule has 0 atom stereocenters. The van der Waals surface area contributed by atoms with Crippen LogP contribution in [0.1, 0.15) is 116 Å². The van der Waals surface area contributed by atoms with E-state index in [-0.39, 0.29) is 10.8 Å². The number of hydrogen-bond acceptors (Lipinski definition) is 2. The summed E-state index contributed by atoms with van der Waals surface area (Å²) in [5.41, 5.74) is 11.4. The fraction of sp³-hybridized carbons (Fsp3) is 0.429. The lowest BCUT2D eigenvalue weighted by Gasteiger charge is -2.28. The molecule has 0 radical (unpaired) electrons. The van der Waals surface area contributed by atoms with Crippen molar-refractivity contribution in [2.45, 2.75) is 98.8 Å². The molecule has 0 spiro atoms. The molecule has 0 fully saturated rings. The van der Waals surface area contributed by atoms with Gasteiger partial charge in [0.2, 0.25) is 0 Å². The number of rotatable bonds is 4. The Balaban J connectivity index is 0.00000164. The normalized spacial score (nSPS) is 13.8. The van der Waals surface area contributed by atoms with Gasteiger partial charge in [0.15, 0.2) is 0 Å². The molecule has 1 aliphatic rings. The number of hydrogen-bond donors (Lipinski definition) is 0. The molecule has 0 amide bonds. The molecule has 2 aromatic heterocycles. The second kappa shape index (κ2) is 10.2. The van der Waals surface area contributed by atoms with Crippen LogP contribution in [0.3, 0.4) is 0 Å². The van der Waals surface area contributed by atoms with Gasteiger partial charge in [-0.05, 0) is 57.2 Å². The zero-order valence-corrected chi connectivity index (χ0v) is 25.3. The summed E-state index contributed by atoms with van der Waals surface area (Å²) in [5.74, 6) is 1.83. The Kier molecular flexibility index (Phi) is 7.45. The first kappa shape index (κ1) is 27.8. The van der Waals surface area contributed by atoms with E-state index in [4.69, 9.17) is 9.97 Å². The highest BCUT2D eigenvalue weighted by Gasteiger charge is 2.39. The van der Waals surface area contributed by atoms with Crippen molar-refractivity contribution in [2.75, 3.05) is 0 Å². The maximum Gasteiger partial charge on any atom is 0.144 e. The van der Waals surface area contributed by atoms with E-state index in [0.29, 0.717) is 11.8 Å². The van der Waals surface area contributed by atoms with Gasteiger partial charge in [0, 0.05) is 35.1 Å². The molecular weight excluding hydrogens is 462 g/mol. The molecule has 0 N–H and O–H groups in total. The maximum atomic E-state index is 5.00. The van der Waals surface area contributed by atoms with Gasteiger partial charge in [-0.1, -0.05) is 106 Å².